The van der Waals surface area contributed by atoms with Crippen LogP contribution in [0.25, 0.3) is 15.9 Å². The molecule has 0 N–H and O–H groups in total. The zero-order valence-electron chi connectivity index (χ0n) is 13.6. The number of fused-ring (bicyclic) bond motifs is 1. The van der Waals surface area contributed by atoms with Gasteiger partial charge in [0.2, 0.25) is 0 Å². The lowest BCUT2D eigenvalue weighted by molar-refractivity contribution is 0.104. The highest BCUT2D eigenvalue weighted by atomic mass is 79.9. The number of hydrogen-bond acceptors (Lipinski definition) is 3. The first-order chi connectivity index (χ1) is 13.0. The van der Waals surface area contributed by atoms with Crippen molar-refractivity contribution in [1.82, 2.24) is 4.57 Å². The van der Waals surface area contributed by atoms with Gasteiger partial charge in [-0.1, -0.05) is 29.8 Å². The predicted octanol–water partition coefficient (Wildman–Crippen LogP) is 5.84. The van der Waals surface area contributed by atoms with E-state index in [1.807, 2.05) is 30.3 Å². The van der Waals surface area contributed by atoms with Crippen LogP contribution in [0.3, 0.4) is 0 Å². The fourth-order valence-corrected chi connectivity index (χ4v) is 4.94. The second kappa shape index (κ2) is 7.03. The van der Waals surface area contributed by atoms with E-state index in [1.165, 1.54) is 29.5 Å². The summed E-state index contributed by atoms with van der Waals surface area (Å²) in [5.74, 6) is -0.881. The third kappa shape index (κ3) is 3.14. The van der Waals surface area contributed by atoms with Crippen LogP contribution in [0.1, 0.15) is 15.9 Å². The van der Waals surface area contributed by atoms with Gasteiger partial charge in [0.15, 0.2) is 5.78 Å². The maximum Gasteiger partial charge on any atom is 0.256 e. The first-order valence-corrected chi connectivity index (χ1v) is 9.85. The number of hydrogen-bond donors (Lipinski definition) is 0. The molecule has 27 heavy (non-hydrogen) atoms. The SMILES string of the molecule is O=C(c1ccc(F)c(Cl)c1)c1c(Br)sc2c1ccc(=O)n2-c1ccccc1. The van der Waals surface area contributed by atoms with Crippen LogP contribution in [-0.4, -0.2) is 10.4 Å². The Morgan fingerprint density at radius 1 is 1.07 bits per heavy atom. The lowest BCUT2D eigenvalue weighted by Gasteiger charge is -2.07. The van der Waals surface area contributed by atoms with Gasteiger partial charge in [-0.2, -0.15) is 0 Å². The molecule has 0 atom stereocenters. The minimum absolute atomic E-state index is 0.113. The highest BCUT2D eigenvalue weighted by Gasteiger charge is 2.22. The molecule has 134 valence electrons. The van der Waals surface area contributed by atoms with E-state index in [9.17, 15) is 14.0 Å². The van der Waals surface area contributed by atoms with E-state index < -0.39 is 5.82 Å². The van der Waals surface area contributed by atoms with Crippen molar-refractivity contribution in [2.75, 3.05) is 0 Å². The Bertz CT molecular complexity index is 1250. The number of pyridine rings is 1. The number of nitrogens with zero attached hydrogens (tertiary/aromatic N) is 1. The fraction of sp³-hybridized carbons (Fsp3) is 0. The van der Waals surface area contributed by atoms with Crippen molar-refractivity contribution in [2.24, 2.45) is 0 Å². The minimum atomic E-state index is -0.583. The molecule has 7 heteroatoms. The van der Waals surface area contributed by atoms with Crippen LogP contribution in [0, 0.1) is 5.82 Å². The smallest absolute Gasteiger partial charge is 0.256 e. The number of aromatic nitrogens is 1. The van der Waals surface area contributed by atoms with Crippen molar-refractivity contribution in [3.63, 3.8) is 0 Å². The van der Waals surface area contributed by atoms with Crippen LogP contribution in [0.2, 0.25) is 5.02 Å². The molecule has 0 aliphatic carbocycles. The molecule has 2 aromatic heterocycles. The molecule has 0 radical (unpaired) electrons. The highest BCUT2D eigenvalue weighted by Crippen LogP contribution is 2.37. The van der Waals surface area contributed by atoms with Crippen LogP contribution in [0.15, 0.2) is 69.2 Å². The molecule has 0 amide bonds. The summed E-state index contributed by atoms with van der Waals surface area (Å²) in [6.45, 7) is 0. The number of benzene rings is 2. The maximum atomic E-state index is 13.4. The van der Waals surface area contributed by atoms with E-state index in [-0.39, 0.29) is 21.9 Å². The Hall–Kier alpha value is -2.28. The van der Waals surface area contributed by atoms with Crippen molar-refractivity contribution in [1.29, 1.82) is 0 Å². The van der Waals surface area contributed by atoms with Crippen LogP contribution >= 0.6 is 38.9 Å². The number of para-hydroxylation sites is 1. The van der Waals surface area contributed by atoms with Crippen LogP contribution in [0.4, 0.5) is 4.39 Å². The largest absolute Gasteiger partial charge is 0.289 e. The first kappa shape index (κ1) is 18.1. The van der Waals surface area contributed by atoms with Gasteiger partial charge >= 0.3 is 0 Å². The Kier molecular flexibility index (Phi) is 4.72. The van der Waals surface area contributed by atoms with Gasteiger partial charge in [0.05, 0.1) is 20.1 Å². The Balaban J connectivity index is 1.95. The number of ketones is 1. The zero-order chi connectivity index (χ0) is 19.1. The number of carbonyl (C=O) groups is 1. The molecule has 0 fully saturated rings. The number of rotatable bonds is 3. The van der Waals surface area contributed by atoms with Crippen molar-refractivity contribution in [2.45, 2.75) is 0 Å². The third-order valence-electron chi connectivity index (χ3n) is 4.12. The van der Waals surface area contributed by atoms with E-state index in [2.05, 4.69) is 15.9 Å². The number of thiophene rings is 1. The lowest BCUT2D eigenvalue weighted by atomic mass is 10.0. The van der Waals surface area contributed by atoms with Gasteiger partial charge in [0.25, 0.3) is 5.56 Å². The van der Waals surface area contributed by atoms with E-state index in [4.69, 9.17) is 11.6 Å². The summed E-state index contributed by atoms with van der Waals surface area (Å²) in [5.41, 5.74) is 1.22. The van der Waals surface area contributed by atoms with Crippen molar-refractivity contribution >= 4 is 54.9 Å². The van der Waals surface area contributed by atoms with Crippen molar-refractivity contribution in [3.05, 3.63) is 96.8 Å². The van der Waals surface area contributed by atoms with Gasteiger partial charge in [0, 0.05) is 17.0 Å². The van der Waals surface area contributed by atoms with Gasteiger partial charge < -0.3 is 0 Å². The molecule has 4 aromatic rings. The molecule has 0 aliphatic heterocycles. The van der Waals surface area contributed by atoms with Crippen molar-refractivity contribution in [3.8, 4) is 5.69 Å². The molecule has 0 unspecified atom stereocenters. The zero-order valence-corrected chi connectivity index (χ0v) is 16.7. The van der Waals surface area contributed by atoms with Gasteiger partial charge in [-0.15, -0.1) is 11.3 Å². The van der Waals surface area contributed by atoms with E-state index >= 15 is 0 Å². The average molecular weight is 463 g/mol. The van der Waals surface area contributed by atoms with Gasteiger partial charge in [0.1, 0.15) is 10.6 Å². The molecule has 3 nitrogen and oxygen atoms in total. The molecule has 0 bridgehead atoms. The fourth-order valence-electron chi connectivity index (χ4n) is 2.87. The molecule has 2 aromatic carbocycles. The van der Waals surface area contributed by atoms with E-state index in [0.29, 0.717) is 25.3 Å². The predicted molar refractivity (Wildman–Crippen MR) is 110 cm³/mol. The van der Waals surface area contributed by atoms with E-state index in [1.54, 1.807) is 10.6 Å². The average Bonchev–Trinajstić information content (AvgIpc) is 2.99. The molecule has 4 rings (SSSR count). The quantitative estimate of drug-likeness (QED) is 0.359. The second-order valence-electron chi connectivity index (χ2n) is 5.77. The Morgan fingerprint density at radius 3 is 2.52 bits per heavy atom. The maximum absolute atomic E-state index is 13.4. The first-order valence-electron chi connectivity index (χ1n) is 7.86. The van der Waals surface area contributed by atoms with Gasteiger partial charge in [-0.05, 0) is 52.3 Å². The highest BCUT2D eigenvalue weighted by molar-refractivity contribution is 9.11. The molecular weight excluding hydrogens is 453 g/mol. The monoisotopic (exact) mass is 461 g/mol. The van der Waals surface area contributed by atoms with Gasteiger partial charge in [-0.25, -0.2) is 4.39 Å². The summed E-state index contributed by atoms with van der Waals surface area (Å²) in [7, 11) is 0. The van der Waals surface area contributed by atoms with Gasteiger partial charge in [-0.3, -0.25) is 14.2 Å². The number of halogens is 3. The summed E-state index contributed by atoms with van der Waals surface area (Å²) in [6.07, 6.45) is 0. The summed E-state index contributed by atoms with van der Waals surface area (Å²) in [4.78, 5) is 26.2. The van der Waals surface area contributed by atoms with Crippen molar-refractivity contribution < 1.29 is 9.18 Å². The normalized spacial score (nSPS) is 11.1. The summed E-state index contributed by atoms with van der Waals surface area (Å²) in [6, 6.07) is 16.1. The Labute approximate surface area is 170 Å². The summed E-state index contributed by atoms with van der Waals surface area (Å²) in [5, 5.41) is 0.526. The van der Waals surface area contributed by atoms with E-state index in [0.717, 1.165) is 6.07 Å². The molecular formula is C20H10BrClFNO2S. The van der Waals surface area contributed by atoms with Crippen LogP contribution < -0.4 is 5.56 Å². The standard InChI is InChI=1S/C20H10BrClFNO2S/c21-19-17(18(26)11-6-8-15(23)14(22)10-11)13-7-9-16(25)24(20(13)27-19)12-4-2-1-3-5-12/h1-10H. The molecule has 0 saturated heterocycles. The third-order valence-corrected chi connectivity index (χ3v) is 6.27. The molecule has 2 heterocycles. The number of carbonyl (C=O) groups excluding carboxylic acids is 1. The molecule has 0 aliphatic rings. The van der Waals surface area contributed by atoms with Crippen LogP contribution in [-0.2, 0) is 0 Å². The lowest BCUT2D eigenvalue weighted by Crippen LogP contribution is -2.16. The molecule has 0 spiro atoms. The minimum Gasteiger partial charge on any atom is -0.289 e. The molecule has 0 saturated carbocycles. The topological polar surface area (TPSA) is 39.1 Å². The Morgan fingerprint density at radius 2 is 1.81 bits per heavy atom. The second-order valence-corrected chi connectivity index (χ2v) is 8.49. The van der Waals surface area contributed by atoms with Crippen LogP contribution in [0.5, 0.6) is 0 Å². The summed E-state index contributed by atoms with van der Waals surface area (Å²) >= 11 is 10.6. The summed E-state index contributed by atoms with van der Waals surface area (Å²) < 4.78 is 15.6.